The van der Waals surface area contributed by atoms with Gasteiger partial charge in [0.25, 0.3) is 0 Å². The summed E-state index contributed by atoms with van der Waals surface area (Å²) >= 11 is 0. The lowest BCUT2D eigenvalue weighted by molar-refractivity contribution is 0.0697. The molecule has 7 heteroatoms. The highest BCUT2D eigenvalue weighted by molar-refractivity contribution is 6.02. The van der Waals surface area contributed by atoms with E-state index in [9.17, 15) is 14.3 Å². The molecule has 3 aromatic rings. The van der Waals surface area contributed by atoms with Crippen molar-refractivity contribution in [2.45, 2.75) is 6.42 Å². The third kappa shape index (κ3) is 3.77. The minimum Gasteiger partial charge on any atom is -0.497 e. The molecule has 29 heavy (non-hydrogen) atoms. The Hall–Kier alpha value is -3.45. The second kappa shape index (κ2) is 7.89. The van der Waals surface area contributed by atoms with Crippen LogP contribution in [0.5, 0.6) is 5.75 Å². The fourth-order valence-corrected chi connectivity index (χ4v) is 3.39. The molecule has 2 N–H and O–H groups in total. The highest BCUT2D eigenvalue weighted by Gasteiger charge is 2.18. The summed E-state index contributed by atoms with van der Waals surface area (Å²) in [4.78, 5) is 16.2. The van der Waals surface area contributed by atoms with Crippen molar-refractivity contribution in [3.63, 3.8) is 0 Å². The number of aromatic nitrogens is 1. The van der Waals surface area contributed by atoms with Gasteiger partial charge in [0.15, 0.2) is 0 Å². The number of pyridine rings is 1. The molecule has 148 valence electrons. The van der Waals surface area contributed by atoms with Crippen molar-refractivity contribution >= 4 is 33.8 Å². The predicted molar refractivity (Wildman–Crippen MR) is 108 cm³/mol. The van der Waals surface area contributed by atoms with Gasteiger partial charge in [-0.1, -0.05) is 6.08 Å². The normalized spacial score (nSPS) is 13.8. The van der Waals surface area contributed by atoms with Gasteiger partial charge in [0.2, 0.25) is 0 Å². The molecule has 0 amide bonds. The molecule has 0 saturated heterocycles. The first-order chi connectivity index (χ1) is 14.1. The van der Waals surface area contributed by atoms with E-state index in [0.29, 0.717) is 47.7 Å². The number of rotatable bonds is 5. The lowest BCUT2D eigenvalue weighted by Gasteiger charge is -2.20. The number of hydrogen-bond acceptors (Lipinski definition) is 5. The number of anilines is 2. The lowest BCUT2D eigenvalue weighted by Crippen LogP contribution is -2.08. The van der Waals surface area contributed by atoms with Gasteiger partial charge in [-0.15, -0.1) is 0 Å². The quantitative estimate of drug-likeness (QED) is 0.657. The Balaban J connectivity index is 1.91. The van der Waals surface area contributed by atoms with Crippen LogP contribution in [0.15, 0.2) is 48.7 Å². The Labute approximate surface area is 166 Å². The minimum atomic E-state index is -1.09. The minimum absolute atomic E-state index is 0.0534. The third-order valence-corrected chi connectivity index (χ3v) is 4.86. The fourth-order valence-electron chi connectivity index (χ4n) is 3.39. The Bertz CT molecular complexity index is 1130. The van der Waals surface area contributed by atoms with Crippen LogP contribution in [-0.2, 0) is 4.74 Å². The monoisotopic (exact) mass is 394 g/mol. The van der Waals surface area contributed by atoms with E-state index >= 15 is 0 Å². The van der Waals surface area contributed by atoms with Crippen molar-refractivity contribution in [1.29, 1.82) is 0 Å². The van der Waals surface area contributed by atoms with E-state index in [1.54, 1.807) is 24.4 Å². The number of nitrogens with zero attached hydrogens (tertiary/aromatic N) is 1. The van der Waals surface area contributed by atoms with Crippen LogP contribution in [0.1, 0.15) is 22.3 Å². The van der Waals surface area contributed by atoms with Gasteiger partial charge in [-0.3, -0.25) is 4.98 Å². The van der Waals surface area contributed by atoms with Gasteiger partial charge in [0.1, 0.15) is 11.6 Å². The van der Waals surface area contributed by atoms with Crippen LogP contribution in [-0.4, -0.2) is 36.4 Å². The number of aromatic carboxylic acids is 1. The number of hydrogen-bond donors (Lipinski definition) is 2. The van der Waals surface area contributed by atoms with Crippen molar-refractivity contribution in [2.75, 3.05) is 25.6 Å². The topological polar surface area (TPSA) is 80.7 Å². The third-order valence-electron chi connectivity index (χ3n) is 4.86. The van der Waals surface area contributed by atoms with Crippen LogP contribution < -0.4 is 10.1 Å². The van der Waals surface area contributed by atoms with Gasteiger partial charge in [0.05, 0.1) is 42.8 Å². The van der Waals surface area contributed by atoms with E-state index in [0.717, 1.165) is 11.1 Å². The highest BCUT2D eigenvalue weighted by atomic mass is 19.1. The van der Waals surface area contributed by atoms with Crippen LogP contribution in [0.2, 0.25) is 0 Å². The number of halogens is 1. The number of carboxylic acid groups (broad SMARTS) is 1. The van der Waals surface area contributed by atoms with Crippen molar-refractivity contribution in [3.05, 3.63) is 65.6 Å². The molecule has 0 fully saturated rings. The molecule has 0 aliphatic carbocycles. The van der Waals surface area contributed by atoms with E-state index in [4.69, 9.17) is 9.47 Å². The summed E-state index contributed by atoms with van der Waals surface area (Å²) in [5.74, 6) is -1.05. The summed E-state index contributed by atoms with van der Waals surface area (Å²) in [5.41, 5.74) is 3.45. The van der Waals surface area contributed by atoms with Crippen molar-refractivity contribution in [2.24, 2.45) is 0 Å². The largest absolute Gasteiger partial charge is 0.497 e. The Morgan fingerprint density at radius 2 is 2.14 bits per heavy atom. The lowest BCUT2D eigenvalue weighted by atomic mass is 9.98. The van der Waals surface area contributed by atoms with E-state index in [1.807, 2.05) is 6.08 Å². The Morgan fingerprint density at radius 1 is 1.28 bits per heavy atom. The molecule has 0 unspecified atom stereocenters. The van der Waals surface area contributed by atoms with E-state index in [1.165, 1.54) is 25.3 Å². The van der Waals surface area contributed by atoms with Crippen molar-refractivity contribution in [1.82, 2.24) is 4.98 Å². The molecule has 0 bridgehead atoms. The summed E-state index contributed by atoms with van der Waals surface area (Å²) in [5, 5.41) is 13.4. The summed E-state index contributed by atoms with van der Waals surface area (Å²) in [6.07, 6.45) is 4.37. The van der Waals surface area contributed by atoms with E-state index in [2.05, 4.69) is 10.3 Å². The van der Waals surface area contributed by atoms with Gasteiger partial charge in [0, 0.05) is 17.1 Å². The smallest absolute Gasteiger partial charge is 0.337 e. The van der Waals surface area contributed by atoms with Crippen LogP contribution in [0, 0.1) is 5.82 Å². The summed E-state index contributed by atoms with van der Waals surface area (Å²) in [7, 11) is 1.48. The molecule has 1 aliphatic rings. The average Bonchev–Trinajstić information content (AvgIpc) is 2.74. The van der Waals surface area contributed by atoms with Crippen LogP contribution in [0.4, 0.5) is 15.8 Å². The second-order valence-corrected chi connectivity index (χ2v) is 6.60. The number of methoxy groups -OCH3 is 1. The highest BCUT2D eigenvalue weighted by Crippen LogP contribution is 2.37. The maximum atomic E-state index is 14.0. The van der Waals surface area contributed by atoms with Crippen LogP contribution >= 0.6 is 0 Å². The molecule has 0 radical (unpaired) electrons. The van der Waals surface area contributed by atoms with Gasteiger partial charge in [-0.25, -0.2) is 9.18 Å². The summed E-state index contributed by atoms with van der Waals surface area (Å²) in [6.45, 7) is 1.06. The molecule has 1 aliphatic heterocycles. The van der Waals surface area contributed by atoms with Gasteiger partial charge < -0.3 is 19.9 Å². The van der Waals surface area contributed by atoms with Crippen LogP contribution in [0.25, 0.3) is 16.5 Å². The molecule has 6 nitrogen and oxygen atoms in total. The molecule has 0 spiro atoms. The zero-order valence-electron chi connectivity index (χ0n) is 15.7. The molecule has 0 atom stereocenters. The van der Waals surface area contributed by atoms with Crippen LogP contribution in [0.3, 0.4) is 0 Å². The number of carbonyl (C=O) groups is 1. The molecular formula is C22H19FN2O4. The zero-order chi connectivity index (χ0) is 20.4. The second-order valence-electron chi connectivity index (χ2n) is 6.60. The number of carboxylic acids is 1. The molecule has 1 aromatic heterocycles. The van der Waals surface area contributed by atoms with Crippen molar-refractivity contribution < 1.29 is 23.8 Å². The Morgan fingerprint density at radius 3 is 2.86 bits per heavy atom. The summed E-state index contributed by atoms with van der Waals surface area (Å²) in [6, 6.07) is 9.11. The molecule has 2 aromatic carbocycles. The zero-order valence-corrected chi connectivity index (χ0v) is 15.7. The molecular weight excluding hydrogens is 375 g/mol. The van der Waals surface area contributed by atoms with Gasteiger partial charge in [-0.05, 0) is 48.4 Å². The molecule has 2 heterocycles. The number of nitrogens with one attached hydrogen (secondary N) is 1. The van der Waals surface area contributed by atoms with Gasteiger partial charge >= 0.3 is 5.97 Å². The first-order valence-electron chi connectivity index (χ1n) is 9.10. The number of ether oxygens (including phenoxy) is 2. The fraction of sp³-hybridized carbons (Fsp3) is 0.182. The average molecular weight is 394 g/mol. The van der Waals surface area contributed by atoms with E-state index < -0.39 is 11.8 Å². The number of fused-ring (bicyclic) bond motifs is 1. The van der Waals surface area contributed by atoms with Crippen molar-refractivity contribution in [3.8, 4) is 5.75 Å². The summed E-state index contributed by atoms with van der Waals surface area (Å²) < 4.78 is 24.6. The number of benzene rings is 2. The SMILES string of the molecule is COc1ccc(Nc2c(C3=CCOCC3)cnc3ccc(F)cc23)c(C(=O)O)c1. The first-order valence-corrected chi connectivity index (χ1v) is 9.10. The molecule has 4 rings (SSSR count). The van der Waals surface area contributed by atoms with Gasteiger partial charge in [-0.2, -0.15) is 0 Å². The molecule has 0 saturated carbocycles. The standard InChI is InChI=1S/C22H19FN2O4/c1-28-15-3-5-20(17(11-15)22(26)27)25-21-16-10-14(23)2-4-19(16)24-12-18(21)13-6-8-29-9-7-13/h2-6,10-12H,7-9H2,1H3,(H,24,25)(H,26,27). The Kier molecular flexibility index (Phi) is 5.14. The van der Waals surface area contributed by atoms with E-state index in [-0.39, 0.29) is 5.56 Å². The maximum absolute atomic E-state index is 14.0. The first kappa shape index (κ1) is 18.9. The maximum Gasteiger partial charge on any atom is 0.337 e. The predicted octanol–water partition coefficient (Wildman–Crippen LogP) is 4.63.